The molecule has 0 aliphatic carbocycles. The van der Waals surface area contributed by atoms with Crippen molar-refractivity contribution in [2.45, 2.75) is 12.1 Å². The van der Waals surface area contributed by atoms with Crippen molar-refractivity contribution in [3.63, 3.8) is 0 Å². The molecule has 164 valence electrons. The molecule has 0 saturated heterocycles. The van der Waals surface area contributed by atoms with E-state index >= 15 is 0 Å². The van der Waals surface area contributed by atoms with Gasteiger partial charge in [-0.3, -0.25) is 0 Å². The van der Waals surface area contributed by atoms with Crippen molar-refractivity contribution in [3.8, 4) is 0 Å². The van der Waals surface area contributed by atoms with Crippen LogP contribution in [0.3, 0.4) is 0 Å². The van der Waals surface area contributed by atoms with Crippen LogP contribution in [-0.2, 0) is 5.21 Å². The van der Waals surface area contributed by atoms with Gasteiger partial charge in [-0.25, -0.2) is 18.6 Å². The third kappa shape index (κ3) is 6.54. The molecule has 6 heteroatoms. The molecule has 0 amide bonds. The normalized spacial score (nSPS) is 11.4. The van der Waals surface area contributed by atoms with Crippen molar-refractivity contribution in [1.29, 1.82) is 0 Å². The van der Waals surface area contributed by atoms with E-state index in [1.54, 1.807) is 0 Å². The van der Waals surface area contributed by atoms with E-state index in [2.05, 4.69) is 122 Å². The monoisotopic (exact) mass is 510 g/mol. The van der Waals surface area contributed by atoms with Crippen molar-refractivity contribution in [2.75, 3.05) is 0 Å². The number of benzene rings is 4. The molecular formula is C26H24AsClO4. The fraction of sp³-hybridized carbons (Fsp3) is 0.0769. The van der Waals surface area contributed by atoms with Gasteiger partial charge in [0.2, 0.25) is 0 Å². The summed E-state index contributed by atoms with van der Waals surface area (Å²) >= 11 is -2.65. The summed E-state index contributed by atoms with van der Waals surface area (Å²) in [5, 5.41) is 1.09. The fourth-order valence-corrected chi connectivity index (χ4v) is 12.6. The molecule has 0 bridgehead atoms. The minimum Gasteiger partial charge on any atom is -0.222 e. The van der Waals surface area contributed by atoms with Crippen LogP contribution in [0.25, 0.3) is 0 Å². The number of aryl methyl sites for hydroxylation is 1. The summed E-state index contributed by atoms with van der Waals surface area (Å²) in [6.45, 7) is 2.16. The molecule has 0 aromatic heterocycles. The molecule has 0 atom stereocenters. The maximum atomic E-state index is 8.49. The third-order valence-electron chi connectivity index (χ3n) is 5.13. The average Bonchev–Trinajstić information content (AvgIpc) is 2.79. The first-order valence-corrected chi connectivity index (χ1v) is 15.4. The Hall–Kier alpha value is -2.43. The second-order valence-electron chi connectivity index (χ2n) is 7.34. The molecule has 0 fully saturated rings. The minimum atomic E-state index is -4.94. The number of halogens is 1. The average molecular weight is 511 g/mol. The summed E-state index contributed by atoms with van der Waals surface area (Å²) in [7, 11) is -4.94. The second-order valence-corrected chi connectivity index (χ2v) is 15.4. The van der Waals surface area contributed by atoms with E-state index < -0.39 is 23.8 Å². The Morgan fingerprint density at radius 2 is 0.844 bits per heavy atom. The van der Waals surface area contributed by atoms with Crippen LogP contribution < -0.4 is 31.7 Å². The summed E-state index contributed by atoms with van der Waals surface area (Å²) in [6, 6.07) is 42.6. The molecule has 0 spiro atoms. The summed E-state index contributed by atoms with van der Waals surface area (Å²) in [5.41, 5.74) is 2.73. The van der Waals surface area contributed by atoms with Crippen LogP contribution in [0, 0.1) is 17.2 Å². The fourth-order valence-electron chi connectivity index (χ4n) is 3.74. The maximum Gasteiger partial charge on any atom is -0.112 e. The largest absolute Gasteiger partial charge is 0.222 e. The molecule has 0 saturated carbocycles. The predicted octanol–water partition coefficient (Wildman–Crippen LogP) is -0.509. The topological polar surface area (TPSA) is 92.2 Å². The summed E-state index contributed by atoms with van der Waals surface area (Å²) in [6.07, 6.45) is 0. The van der Waals surface area contributed by atoms with E-state index in [-0.39, 0.29) is 0 Å². The zero-order valence-corrected chi connectivity index (χ0v) is 20.3. The van der Waals surface area contributed by atoms with Crippen molar-refractivity contribution >= 4 is 26.6 Å². The van der Waals surface area contributed by atoms with Crippen LogP contribution in [0.15, 0.2) is 115 Å². The van der Waals surface area contributed by atoms with Crippen LogP contribution in [0.5, 0.6) is 0 Å². The van der Waals surface area contributed by atoms with Gasteiger partial charge in [-0.15, -0.1) is 10.2 Å². The molecule has 32 heavy (non-hydrogen) atoms. The van der Waals surface area contributed by atoms with E-state index in [1.807, 2.05) is 0 Å². The summed E-state index contributed by atoms with van der Waals surface area (Å²) in [4.78, 5) is 0. The smallest absolute Gasteiger partial charge is 0.112 e. The van der Waals surface area contributed by atoms with E-state index in [0.717, 1.165) is 5.21 Å². The van der Waals surface area contributed by atoms with Gasteiger partial charge in [0, 0.05) is 0 Å². The quantitative estimate of drug-likeness (QED) is 0.338. The van der Waals surface area contributed by atoms with E-state index in [0.29, 0.717) is 0 Å². The van der Waals surface area contributed by atoms with Crippen molar-refractivity contribution in [1.82, 2.24) is 0 Å². The van der Waals surface area contributed by atoms with Crippen LogP contribution in [0.4, 0.5) is 0 Å². The predicted molar refractivity (Wildman–Crippen MR) is 119 cm³/mol. The Morgan fingerprint density at radius 1 is 0.531 bits per heavy atom. The zero-order chi connectivity index (χ0) is 23.0. The molecule has 4 aromatic carbocycles. The van der Waals surface area contributed by atoms with Gasteiger partial charge in [-0.1, -0.05) is 0 Å². The van der Waals surface area contributed by atoms with Gasteiger partial charge in [-0.2, -0.15) is 0 Å². The molecule has 0 heterocycles. The first-order chi connectivity index (χ1) is 15.3. The maximum absolute atomic E-state index is 8.49. The van der Waals surface area contributed by atoms with E-state index in [9.17, 15) is 0 Å². The van der Waals surface area contributed by atoms with E-state index in [1.165, 1.54) is 24.2 Å². The molecule has 0 aliphatic heterocycles. The van der Waals surface area contributed by atoms with Gasteiger partial charge >= 0.3 is 165 Å². The number of rotatable bonds is 5. The molecule has 0 aliphatic rings. The van der Waals surface area contributed by atoms with Gasteiger partial charge in [0.15, 0.2) is 0 Å². The van der Waals surface area contributed by atoms with Gasteiger partial charge in [0.25, 0.3) is 0 Å². The zero-order valence-electron chi connectivity index (χ0n) is 17.6. The van der Waals surface area contributed by atoms with Gasteiger partial charge in [-0.05, 0) is 0 Å². The molecule has 4 nitrogen and oxygen atoms in total. The van der Waals surface area contributed by atoms with Gasteiger partial charge in [0.1, 0.15) is 0 Å². The number of hydrogen-bond donors (Lipinski definition) is 0. The van der Waals surface area contributed by atoms with Crippen LogP contribution in [0.1, 0.15) is 11.1 Å². The van der Waals surface area contributed by atoms with Gasteiger partial charge in [0.05, 0.1) is 0 Å². The van der Waals surface area contributed by atoms with Gasteiger partial charge < -0.3 is 0 Å². The first kappa shape index (κ1) is 24.2. The summed E-state index contributed by atoms with van der Waals surface area (Å²) in [5.74, 6) is 0. The van der Waals surface area contributed by atoms with Crippen molar-refractivity contribution in [3.05, 3.63) is 126 Å². The first-order valence-electron chi connectivity index (χ1n) is 10.0. The third-order valence-corrected chi connectivity index (χ3v) is 14.3. The van der Waals surface area contributed by atoms with Crippen molar-refractivity contribution < 1.29 is 28.9 Å². The Labute approximate surface area is 193 Å². The second kappa shape index (κ2) is 10.9. The standard InChI is InChI=1S/C26H24As.ClHO4/c1-22-17-19-23(20-18-22)21-27(24-11-5-2-6-12-24,25-13-7-3-8-14-25)26-15-9-4-10-16-26;2-1(3,4)5/h2-20H,21H2,1H3;(H,2,3,4,5)/q+1;/p-1. The van der Waals surface area contributed by atoms with E-state index in [4.69, 9.17) is 18.6 Å². The molecule has 4 rings (SSSR count). The Balaban J connectivity index is 0.000000523. The molecular weight excluding hydrogens is 487 g/mol. The Morgan fingerprint density at radius 3 is 1.16 bits per heavy atom. The van der Waals surface area contributed by atoms with Crippen LogP contribution in [-0.4, -0.2) is 13.6 Å². The number of hydrogen-bond acceptors (Lipinski definition) is 4. The molecule has 0 unspecified atom stereocenters. The SMILES string of the molecule is Cc1ccc(C[As+](c2ccccc2)(c2ccccc2)c2ccccc2)cc1.[O-][Cl+3]([O-])([O-])[O-]. The molecule has 4 aromatic rings. The molecule has 0 radical (unpaired) electrons. The Bertz CT molecular complexity index is 981. The Kier molecular flexibility index (Phi) is 8.27. The van der Waals surface area contributed by atoms with Crippen LogP contribution >= 0.6 is 0 Å². The van der Waals surface area contributed by atoms with Crippen LogP contribution in [0.2, 0.25) is 0 Å². The van der Waals surface area contributed by atoms with Crippen molar-refractivity contribution in [2.24, 2.45) is 0 Å². The summed E-state index contributed by atoms with van der Waals surface area (Å²) < 4.78 is 38.5. The minimum absolute atomic E-state index is 1.09. The molecule has 0 N–H and O–H groups in total.